The fraction of sp³-hybridized carbons (Fsp3) is 0.538. The zero-order chi connectivity index (χ0) is 12.7. The Bertz CT molecular complexity index is 552. The molecule has 0 radical (unpaired) electrons. The molecule has 0 aromatic carbocycles. The van der Waals surface area contributed by atoms with E-state index in [0.29, 0.717) is 5.92 Å². The lowest BCUT2D eigenvalue weighted by Crippen LogP contribution is -2.44. The van der Waals surface area contributed by atoms with Crippen molar-refractivity contribution in [3.63, 3.8) is 0 Å². The molecule has 2 atom stereocenters. The van der Waals surface area contributed by atoms with E-state index in [0.717, 1.165) is 36.5 Å². The number of likely N-dealkylation sites (tertiary alicyclic amines) is 1. The van der Waals surface area contributed by atoms with Crippen molar-refractivity contribution in [2.24, 2.45) is 5.73 Å². The van der Waals surface area contributed by atoms with Gasteiger partial charge >= 0.3 is 0 Å². The molecule has 2 N–H and O–H groups in total. The minimum Gasteiger partial charge on any atom is -0.327 e. The number of fused-ring (bicyclic) bond motifs is 1. The van der Waals surface area contributed by atoms with E-state index in [-0.39, 0.29) is 6.04 Å². The van der Waals surface area contributed by atoms with E-state index in [1.807, 2.05) is 17.5 Å². The maximum Gasteiger partial charge on any atom is 0.127 e. The summed E-state index contributed by atoms with van der Waals surface area (Å²) in [6, 6.07) is 4.29. The molecule has 3 rings (SSSR count). The predicted octanol–water partition coefficient (Wildman–Crippen LogP) is 0.784. The molecule has 3 heterocycles. The molecule has 1 aliphatic heterocycles. The molecule has 1 saturated heterocycles. The molecular weight excluding hydrogens is 226 g/mol. The average Bonchev–Trinajstić information content (AvgIpc) is 2.66. The van der Waals surface area contributed by atoms with Gasteiger partial charge in [-0.15, -0.1) is 0 Å². The molecule has 2 aromatic rings. The summed E-state index contributed by atoms with van der Waals surface area (Å²) in [4.78, 5) is 6.99. The molecule has 5 nitrogen and oxygen atoms in total. The van der Waals surface area contributed by atoms with Gasteiger partial charge in [0.05, 0.1) is 11.2 Å². The second-order valence-corrected chi connectivity index (χ2v) is 5.28. The topological polar surface area (TPSA) is 59.5 Å². The largest absolute Gasteiger partial charge is 0.327 e. The highest BCUT2D eigenvalue weighted by molar-refractivity contribution is 5.53. The van der Waals surface area contributed by atoms with Gasteiger partial charge in [0.15, 0.2) is 0 Å². The van der Waals surface area contributed by atoms with Gasteiger partial charge in [-0.05, 0) is 32.5 Å². The maximum atomic E-state index is 6.11. The third-order valence-electron chi connectivity index (χ3n) is 3.65. The standard InChI is InChI=1S/C13H19N5/c1-9-16-13(12-4-3-5-15-18(9)12)10-6-11(14)8-17(2)7-10/h3-5,10-11H,6-8,14H2,1-2H3. The van der Waals surface area contributed by atoms with Gasteiger partial charge < -0.3 is 10.6 Å². The van der Waals surface area contributed by atoms with E-state index >= 15 is 0 Å². The van der Waals surface area contributed by atoms with Gasteiger partial charge in [0.25, 0.3) is 0 Å². The Morgan fingerprint density at radius 1 is 1.39 bits per heavy atom. The summed E-state index contributed by atoms with van der Waals surface area (Å²) >= 11 is 0. The van der Waals surface area contributed by atoms with Crippen LogP contribution in [0.5, 0.6) is 0 Å². The van der Waals surface area contributed by atoms with Crippen molar-refractivity contribution < 1.29 is 0 Å². The monoisotopic (exact) mass is 245 g/mol. The molecule has 1 fully saturated rings. The first-order valence-electron chi connectivity index (χ1n) is 6.39. The lowest BCUT2D eigenvalue weighted by molar-refractivity contribution is 0.226. The van der Waals surface area contributed by atoms with Gasteiger partial charge in [-0.1, -0.05) is 0 Å². The molecule has 2 aromatic heterocycles. The van der Waals surface area contributed by atoms with Crippen molar-refractivity contribution in [2.75, 3.05) is 20.1 Å². The Morgan fingerprint density at radius 2 is 2.22 bits per heavy atom. The third-order valence-corrected chi connectivity index (χ3v) is 3.65. The minimum absolute atomic E-state index is 0.238. The molecule has 0 aliphatic carbocycles. The zero-order valence-corrected chi connectivity index (χ0v) is 10.9. The lowest BCUT2D eigenvalue weighted by Gasteiger charge is -2.33. The Kier molecular flexibility index (Phi) is 2.80. The van der Waals surface area contributed by atoms with Crippen molar-refractivity contribution >= 4 is 5.52 Å². The van der Waals surface area contributed by atoms with Crippen LogP contribution in [0, 0.1) is 6.92 Å². The molecule has 18 heavy (non-hydrogen) atoms. The van der Waals surface area contributed by atoms with Crippen LogP contribution < -0.4 is 5.73 Å². The Morgan fingerprint density at radius 3 is 3.00 bits per heavy atom. The molecule has 1 aliphatic rings. The quantitative estimate of drug-likeness (QED) is 0.806. The summed E-state index contributed by atoms with van der Waals surface area (Å²) in [7, 11) is 2.12. The van der Waals surface area contributed by atoms with Crippen molar-refractivity contribution in [3.8, 4) is 0 Å². The van der Waals surface area contributed by atoms with Crippen LogP contribution in [0.1, 0.15) is 23.9 Å². The second kappa shape index (κ2) is 4.33. The van der Waals surface area contributed by atoms with Crippen LogP contribution in [0.3, 0.4) is 0 Å². The summed E-state index contributed by atoms with van der Waals surface area (Å²) in [6.07, 6.45) is 2.80. The summed E-state index contributed by atoms with van der Waals surface area (Å²) in [5.41, 5.74) is 8.37. The van der Waals surface area contributed by atoms with E-state index in [2.05, 4.69) is 23.1 Å². The number of rotatable bonds is 1. The van der Waals surface area contributed by atoms with Crippen LogP contribution in [0.15, 0.2) is 18.3 Å². The van der Waals surface area contributed by atoms with Crippen molar-refractivity contribution in [2.45, 2.75) is 25.3 Å². The first-order valence-corrected chi connectivity index (χ1v) is 6.39. The van der Waals surface area contributed by atoms with Gasteiger partial charge in [-0.3, -0.25) is 0 Å². The second-order valence-electron chi connectivity index (χ2n) is 5.28. The number of nitrogens with two attached hydrogens (primary N) is 1. The van der Waals surface area contributed by atoms with Crippen molar-refractivity contribution in [3.05, 3.63) is 29.8 Å². The van der Waals surface area contributed by atoms with E-state index in [4.69, 9.17) is 10.7 Å². The summed E-state index contributed by atoms with van der Waals surface area (Å²) < 4.78 is 1.91. The van der Waals surface area contributed by atoms with Crippen LogP contribution >= 0.6 is 0 Å². The maximum absolute atomic E-state index is 6.11. The van der Waals surface area contributed by atoms with Gasteiger partial charge in [0, 0.05) is 31.2 Å². The van der Waals surface area contributed by atoms with Gasteiger partial charge in [0.1, 0.15) is 5.82 Å². The number of aryl methyl sites for hydroxylation is 1. The highest BCUT2D eigenvalue weighted by Crippen LogP contribution is 2.28. The number of hydrogen-bond acceptors (Lipinski definition) is 4. The Labute approximate surface area is 107 Å². The van der Waals surface area contributed by atoms with Crippen LogP contribution in [0.25, 0.3) is 5.52 Å². The molecule has 2 unspecified atom stereocenters. The molecular formula is C13H19N5. The fourth-order valence-corrected chi connectivity index (χ4v) is 2.97. The minimum atomic E-state index is 0.238. The number of piperidine rings is 1. The lowest BCUT2D eigenvalue weighted by atomic mass is 9.92. The fourth-order valence-electron chi connectivity index (χ4n) is 2.97. The zero-order valence-electron chi connectivity index (χ0n) is 10.9. The number of likely N-dealkylation sites (N-methyl/N-ethyl adjacent to an activating group) is 1. The number of imidazole rings is 1. The Hall–Kier alpha value is -1.46. The van der Waals surface area contributed by atoms with Crippen LogP contribution in [-0.4, -0.2) is 45.7 Å². The molecule has 96 valence electrons. The van der Waals surface area contributed by atoms with Crippen LogP contribution in [0.2, 0.25) is 0 Å². The van der Waals surface area contributed by atoms with Crippen molar-refractivity contribution in [1.29, 1.82) is 0 Å². The highest BCUT2D eigenvalue weighted by Gasteiger charge is 2.27. The number of nitrogens with zero attached hydrogens (tertiary/aromatic N) is 4. The summed E-state index contributed by atoms with van der Waals surface area (Å²) in [5.74, 6) is 1.36. The average molecular weight is 245 g/mol. The third kappa shape index (κ3) is 1.89. The number of aromatic nitrogens is 3. The van der Waals surface area contributed by atoms with E-state index in [1.54, 1.807) is 6.20 Å². The molecule has 0 bridgehead atoms. The first kappa shape index (κ1) is 11.6. The SMILES string of the molecule is Cc1nc(C2CC(N)CN(C)C2)c2cccnn12. The smallest absolute Gasteiger partial charge is 0.127 e. The summed E-state index contributed by atoms with van der Waals surface area (Å²) in [6.45, 7) is 3.99. The van der Waals surface area contributed by atoms with E-state index in [9.17, 15) is 0 Å². The number of hydrogen-bond donors (Lipinski definition) is 1. The summed E-state index contributed by atoms with van der Waals surface area (Å²) in [5, 5.41) is 4.34. The predicted molar refractivity (Wildman–Crippen MR) is 70.6 cm³/mol. The van der Waals surface area contributed by atoms with Crippen LogP contribution in [0.4, 0.5) is 0 Å². The normalized spacial score (nSPS) is 25.7. The Balaban J connectivity index is 2.03. The van der Waals surface area contributed by atoms with E-state index in [1.165, 1.54) is 0 Å². The van der Waals surface area contributed by atoms with Crippen LogP contribution in [-0.2, 0) is 0 Å². The van der Waals surface area contributed by atoms with Gasteiger partial charge in [-0.25, -0.2) is 9.50 Å². The van der Waals surface area contributed by atoms with Gasteiger partial charge in [0.2, 0.25) is 0 Å². The molecule has 5 heteroatoms. The molecule has 0 amide bonds. The first-order chi connectivity index (χ1) is 8.65. The van der Waals surface area contributed by atoms with Gasteiger partial charge in [-0.2, -0.15) is 5.10 Å². The van der Waals surface area contributed by atoms with Crippen molar-refractivity contribution in [1.82, 2.24) is 19.5 Å². The molecule has 0 saturated carbocycles. The van der Waals surface area contributed by atoms with E-state index < -0.39 is 0 Å². The highest BCUT2D eigenvalue weighted by atomic mass is 15.3. The molecule has 0 spiro atoms.